The molecule has 0 saturated carbocycles. The molecule has 1 amide bonds. The first-order chi connectivity index (χ1) is 8.72. The summed E-state index contributed by atoms with van der Waals surface area (Å²) in [6.45, 7) is 0. The Labute approximate surface area is 107 Å². The topological polar surface area (TPSA) is 59.8 Å². The normalized spacial score (nSPS) is 10.7. The summed E-state index contributed by atoms with van der Waals surface area (Å²) in [6.07, 6.45) is 3.20. The molecule has 0 unspecified atom stereocenters. The van der Waals surface area contributed by atoms with Gasteiger partial charge in [-0.05, 0) is 12.1 Å². The molecule has 6 heteroatoms. The summed E-state index contributed by atoms with van der Waals surface area (Å²) in [4.78, 5) is 16.3. The molecule has 0 saturated heterocycles. The van der Waals surface area contributed by atoms with E-state index in [-0.39, 0.29) is 5.91 Å². The first kappa shape index (κ1) is 10.9. The molecule has 0 spiro atoms. The highest BCUT2D eigenvalue weighted by atomic mass is 32.1. The van der Waals surface area contributed by atoms with Crippen LogP contribution in [0.2, 0.25) is 0 Å². The molecule has 1 N–H and O–H groups in total. The molecule has 0 aliphatic carbocycles. The lowest BCUT2D eigenvalue weighted by Crippen LogP contribution is -2.10. The number of nitrogens with zero attached hydrogens (tertiary/aromatic N) is 3. The monoisotopic (exact) mass is 258 g/mol. The van der Waals surface area contributed by atoms with Crippen LogP contribution in [0.4, 0.5) is 5.13 Å². The third-order valence-corrected chi connectivity index (χ3v) is 3.43. The zero-order valence-corrected chi connectivity index (χ0v) is 10.4. The smallest absolute Gasteiger partial charge is 0.260 e. The average Bonchev–Trinajstić information content (AvgIpc) is 2.94. The number of aromatic nitrogens is 3. The first-order valence-corrected chi connectivity index (χ1v) is 6.19. The van der Waals surface area contributed by atoms with Gasteiger partial charge in [-0.25, -0.2) is 4.98 Å². The number of fused-ring (bicyclic) bond motifs is 1. The molecule has 1 aromatic carbocycles. The van der Waals surface area contributed by atoms with Crippen molar-refractivity contribution in [2.24, 2.45) is 7.05 Å². The molecule has 5 nitrogen and oxygen atoms in total. The fourth-order valence-electron chi connectivity index (χ4n) is 1.63. The molecule has 0 radical (unpaired) electrons. The second-order valence-electron chi connectivity index (χ2n) is 3.84. The Balaban J connectivity index is 1.86. The van der Waals surface area contributed by atoms with Crippen LogP contribution in [-0.4, -0.2) is 20.7 Å². The summed E-state index contributed by atoms with van der Waals surface area (Å²) >= 11 is 1.46. The van der Waals surface area contributed by atoms with Gasteiger partial charge < -0.3 is 0 Å². The molecule has 2 heterocycles. The summed E-state index contributed by atoms with van der Waals surface area (Å²) in [5.74, 6) is -0.192. The van der Waals surface area contributed by atoms with Gasteiger partial charge in [0.05, 0.1) is 22.0 Å². The van der Waals surface area contributed by atoms with Crippen LogP contribution in [0, 0.1) is 0 Å². The second kappa shape index (κ2) is 4.23. The number of nitrogens with one attached hydrogen (secondary N) is 1. The van der Waals surface area contributed by atoms with E-state index in [2.05, 4.69) is 15.4 Å². The van der Waals surface area contributed by atoms with Crippen LogP contribution in [0.5, 0.6) is 0 Å². The van der Waals surface area contributed by atoms with Gasteiger partial charge in [0.2, 0.25) is 0 Å². The third-order valence-electron chi connectivity index (χ3n) is 2.48. The minimum absolute atomic E-state index is 0.192. The van der Waals surface area contributed by atoms with E-state index in [1.54, 1.807) is 17.9 Å². The maximum Gasteiger partial charge on any atom is 0.260 e. The number of thiazole rings is 1. The molecule has 2 aromatic heterocycles. The molecular weight excluding hydrogens is 248 g/mol. The number of hydrogen-bond acceptors (Lipinski definition) is 4. The van der Waals surface area contributed by atoms with Crippen LogP contribution in [0.15, 0.2) is 36.7 Å². The molecule has 0 fully saturated rings. The lowest BCUT2D eigenvalue weighted by atomic mass is 10.3. The van der Waals surface area contributed by atoms with Gasteiger partial charge in [-0.3, -0.25) is 14.8 Å². The Morgan fingerprint density at radius 3 is 2.94 bits per heavy atom. The first-order valence-electron chi connectivity index (χ1n) is 5.38. The van der Waals surface area contributed by atoms with Crippen LogP contribution in [0.3, 0.4) is 0 Å². The van der Waals surface area contributed by atoms with E-state index in [1.807, 2.05) is 24.3 Å². The minimum atomic E-state index is -0.192. The fourth-order valence-corrected chi connectivity index (χ4v) is 2.49. The van der Waals surface area contributed by atoms with Crippen LogP contribution in [-0.2, 0) is 7.05 Å². The van der Waals surface area contributed by atoms with Crippen molar-refractivity contribution in [2.75, 3.05) is 5.32 Å². The summed E-state index contributed by atoms with van der Waals surface area (Å²) in [5, 5.41) is 7.34. The van der Waals surface area contributed by atoms with Gasteiger partial charge >= 0.3 is 0 Å². The molecule has 18 heavy (non-hydrogen) atoms. The van der Waals surface area contributed by atoms with E-state index >= 15 is 0 Å². The van der Waals surface area contributed by atoms with Crippen molar-refractivity contribution in [3.05, 3.63) is 42.2 Å². The van der Waals surface area contributed by atoms with Crippen molar-refractivity contribution in [1.29, 1.82) is 0 Å². The molecule has 0 aliphatic rings. The number of amides is 1. The van der Waals surface area contributed by atoms with Gasteiger partial charge in [-0.1, -0.05) is 23.5 Å². The van der Waals surface area contributed by atoms with Crippen LogP contribution in [0.1, 0.15) is 10.4 Å². The number of rotatable bonds is 2. The fraction of sp³-hybridized carbons (Fsp3) is 0.0833. The van der Waals surface area contributed by atoms with Gasteiger partial charge in [-0.15, -0.1) is 0 Å². The van der Waals surface area contributed by atoms with Crippen molar-refractivity contribution in [1.82, 2.24) is 14.8 Å². The molecular formula is C12H10N4OS. The Hall–Kier alpha value is -2.21. The van der Waals surface area contributed by atoms with E-state index < -0.39 is 0 Å². The predicted octanol–water partition coefficient (Wildman–Crippen LogP) is 2.28. The standard InChI is InChI=1S/C12H10N4OS/c1-16-7-8(6-13-16)11(17)15-12-14-9-4-2-3-5-10(9)18-12/h2-7H,1H3,(H,14,15,17). The SMILES string of the molecule is Cn1cc(C(=O)Nc2nc3ccccc3s2)cn1. The van der Waals surface area contributed by atoms with Crippen molar-refractivity contribution in [3.63, 3.8) is 0 Å². The highest BCUT2D eigenvalue weighted by Crippen LogP contribution is 2.25. The largest absolute Gasteiger partial charge is 0.298 e. The van der Waals surface area contributed by atoms with Gasteiger partial charge in [0.1, 0.15) is 0 Å². The Morgan fingerprint density at radius 2 is 2.22 bits per heavy atom. The zero-order valence-electron chi connectivity index (χ0n) is 9.62. The van der Waals surface area contributed by atoms with Gasteiger partial charge in [0, 0.05) is 13.2 Å². The lowest BCUT2D eigenvalue weighted by molar-refractivity contribution is 0.102. The van der Waals surface area contributed by atoms with Crippen molar-refractivity contribution < 1.29 is 4.79 Å². The van der Waals surface area contributed by atoms with Crippen LogP contribution < -0.4 is 5.32 Å². The van der Waals surface area contributed by atoms with E-state index in [9.17, 15) is 4.79 Å². The molecule has 0 atom stereocenters. The summed E-state index contributed by atoms with van der Waals surface area (Å²) in [5.41, 5.74) is 1.42. The van der Waals surface area contributed by atoms with Crippen molar-refractivity contribution >= 4 is 32.6 Å². The number of carbonyl (C=O) groups excluding carboxylic acids is 1. The number of benzene rings is 1. The minimum Gasteiger partial charge on any atom is -0.298 e. The van der Waals surface area contributed by atoms with Gasteiger partial charge in [-0.2, -0.15) is 5.10 Å². The van der Waals surface area contributed by atoms with E-state index in [0.29, 0.717) is 10.7 Å². The van der Waals surface area contributed by atoms with Crippen LogP contribution in [0.25, 0.3) is 10.2 Å². The second-order valence-corrected chi connectivity index (χ2v) is 4.87. The number of para-hydroxylation sites is 1. The molecule has 3 rings (SSSR count). The maximum absolute atomic E-state index is 11.9. The quantitative estimate of drug-likeness (QED) is 0.767. The number of aryl methyl sites for hydroxylation is 1. The van der Waals surface area contributed by atoms with Crippen molar-refractivity contribution in [2.45, 2.75) is 0 Å². The summed E-state index contributed by atoms with van der Waals surface area (Å²) in [6, 6.07) is 7.78. The highest BCUT2D eigenvalue weighted by molar-refractivity contribution is 7.22. The molecule has 3 aromatic rings. The molecule has 90 valence electrons. The number of hydrogen-bond donors (Lipinski definition) is 1. The van der Waals surface area contributed by atoms with E-state index in [1.165, 1.54) is 17.5 Å². The third kappa shape index (κ3) is 1.98. The van der Waals surface area contributed by atoms with Crippen LogP contribution >= 0.6 is 11.3 Å². The zero-order chi connectivity index (χ0) is 12.5. The molecule has 0 bridgehead atoms. The van der Waals surface area contributed by atoms with Gasteiger partial charge in [0.25, 0.3) is 5.91 Å². The maximum atomic E-state index is 11.9. The molecule has 0 aliphatic heterocycles. The van der Waals surface area contributed by atoms with E-state index in [4.69, 9.17) is 0 Å². The van der Waals surface area contributed by atoms with Gasteiger partial charge in [0.15, 0.2) is 5.13 Å². The number of anilines is 1. The predicted molar refractivity (Wildman–Crippen MR) is 70.8 cm³/mol. The number of carbonyl (C=O) groups is 1. The van der Waals surface area contributed by atoms with E-state index in [0.717, 1.165) is 10.2 Å². The van der Waals surface area contributed by atoms with Crippen molar-refractivity contribution in [3.8, 4) is 0 Å². The average molecular weight is 258 g/mol. The Bertz CT molecular complexity index is 683. The summed E-state index contributed by atoms with van der Waals surface area (Å²) < 4.78 is 2.65. The Morgan fingerprint density at radius 1 is 1.39 bits per heavy atom. The Kier molecular flexibility index (Phi) is 2.56. The highest BCUT2D eigenvalue weighted by Gasteiger charge is 2.10. The summed E-state index contributed by atoms with van der Waals surface area (Å²) in [7, 11) is 1.77. The lowest BCUT2D eigenvalue weighted by Gasteiger charge is -1.96.